The summed E-state index contributed by atoms with van der Waals surface area (Å²) < 4.78 is 5.76. The van der Waals surface area contributed by atoms with Gasteiger partial charge >= 0.3 is 0 Å². The molecule has 122 valence electrons. The summed E-state index contributed by atoms with van der Waals surface area (Å²) in [5.74, 6) is -0.0561. The Kier molecular flexibility index (Phi) is 3.91. The molecule has 1 amide bonds. The molecular formula is C17H15N3O4. The summed E-state index contributed by atoms with van der Waals surface area (Å²) in [6.45, 7) is 1.84. The Bertz CT molecular complexity index is 899. The minimum Gasteiger partial charge on any atom is -0.459 e. The van der Waals surface area contributed by atoms with E-state index in [0.29, 0.717) is 5.76 Å². The van der Waals surface area contributed by atoms with Crippen molar-refractivity contribution in [1.29, 1.82) is 0 Å². The highest BCUT2D eigenvalue weighted by Gasteiger charge is 2.20. The van der Waals surface area contributed by atoms with E-state index in [2.05, 4.69) is 5.32 Å². The molecule has 1 heterocycles. The number of furan rings is 1. The molecule has 0 aliphatic rings. The van der Waals surface area contributed by atoms with Gasteiger partial charge in [0.25, 0.3) is 5.69 Å². The lowest BCUT2D eigenvalue weighted by Gasteiger charge is -2.13. The van der Waals surface area contributed by atoms with Crippen molar-refractivity contribution in [1.82, 2.24) is 0 Å². The number of para-hydroxylation sites is 1. The van der Waals surface area contributed by atoms with E-state index < -0.39 is 10.8 Å². The Morgan fingerprint density at radius 1 is 1.25 bits per heavy atom. The van der Waals surface area contributed by atoms with Gasteiger partial charge in [0.15, 0.2) is 0 Å². The smallest absolute Gasteiger partial charge is 0.293 e. The summed E-state index contributed by atoms with van der Waals surface area (Å²) in [7, 11) is 0. The first-order chi connectivity index (χ1) is 11.5. The monoisotopic (exact) mass is 325 g/mol. The molecule has 2 aromatic carbocycles. The molecule has 0 fully saturated rings. The van der Waals surface area contributed by atoms with E-state index >= 15 is 0 Å². The van der Waals surface area contributed by atoms with Crippen LogP contribution >= 0.6 is 0 Å². The van der Waals surface area contributed by atoms with Crippen LogP contribution in [0.4, 0.5) is 11.4 Å². The van der Waals surface area contributed by atoms with Crippen molar-refractivity contribution in [3.05, 3.63) is 70.0 Å². The molecule has 1 aromatic heterocycles. The number of primary amides is 1. The van der Waals surface area contributed by atoms with Crippen LogP contribution in [0, 0.1) is 10.1 Å². The van der Waals surface area contributed by atoms with Crippen LogP contribution in [0.1, 0.15) is 29.1 Å². The number of hydrogen-bond donors (Lipinski definition) is 2. The lowest BCUT2D eigenvalue weighted by Crippen LogP contribution is -2.12. The van der Waals surface area contributed by atoms with E-state index in [1.165, 1.54) is 12.1 Å². The molecule has 24 heavy (non-hydrogen) atoms. The van der Waals surface area contributed by atoms with Crippen LogP contribution in [-0.2, 0) is 0 Å². The Hall–Kier alpha value is -3.35. The average molecular weight is 325 g/mol. The normalized spacial score (nSPS) is 12.0. The molecule has 0 radical (unpaired) electrons. The van der Waals surface area contributed by atoms with Gasteiger partial charge in [-0.1, -0.05) is 18.2 Å². The lowest BCUT2D eigenvalue weighted by molar-refractivity contribution is -0.384. The van der Waals surface area contributed by atoms with Gasteiger partial charge in [0.2, 0.25) is 5.91 Å². The number of hydrogen-bond acceptors (Lipinski definition) is 5. The Morgan fingerprint density at radius 3 is 2.67 bits per heavy atom. The van der Waals surface area contributed by atoms with E-state index in [1.807, 2.05) is 37.3 Å². The molecule has 0 spiro atoms. The number of fused-ring (bicyclic) bond motifs is 1. The zero-order valence-electron chi connectivity index (χ0n) is 12.9. The number of nitrogens with zero attached hydrogens (tertiary/aromatic N) is 1. The first-order valence-corrected chi connectivity index (χ1v) is 7.29. The van der Waals surface area contributed by atoms with Crippen molar-refractivity contribution in [2.45, 2.75) is 13.0 Å². The highest BCUT2D eigenvalue weighted by Crippen LogP contribution is 2.31. The van der Waals surface area contributed by atoms with Crippen LogP contribution in [0.2, 0.25) is 0 Å². The van der Waals surface area contributed by atoms with Crippen molar-refractivity contribution in [3.8, 4) is 0 Å². The maximum Gasteiger partial charge on any atom is 0.293 e. The van der Waals surface area contributed by atoms with Gasteiger partial charge in [0.1, 0.15) is 17.0 Å². The topological polar surface area (TPSA) is 111 Å². The number of rotatable bonds is 5. The second kappa shape index (κ2) is 6.04. The number of carbonyl (C=O) groups excluding carboxylic acids is 1. The SMILES string of the molecule is C[C@@H](Nc1ccc(C(N)=O)cc1[N+](=O)[O-])c1cc2ccccc2o1. The molecule has 0 aliphatic heterocycles. The van der Waals surface area contributed by atoms with Crippen LogP contribution in [0.15, 0.2) is 52.9 Å². The standard InChI is InChI=1S/C17H15N3O4/c1-10(16-9-11-4-2-3-5-15(11)24-16)19-13-7-6-12(17(18)21)8-14(13)20(22)23/h2-10,19H,1H3,(H2,18,21)/t10-/m1/s1. The summed E-state index contributed by atoms with van der Waals surface area (Å²) in [6.07, 6.45) is 0. The van der Waals surface area contributed by atoms with E-state index in [4.69, 9.17) is 10.2 Å². The van der Waals surface area contributed by atoms with Crippen molar-refractivity contribution >= 4 is 28.3 Å². The molecule has 0 unspecified atom stereocenters. The summed E-state index contributed by atoms with van der Waals surface area (Å²) in [6, 6.07) is 13.2. The molecular weight excluding hydrogens is 310 g/mol. The van der Waals surface area contributed by atoms with Gasteiger partial charge in [-0.3, -0.25) is 14.9 Å². The van der Waals surface area contributed by atoms with Gasteiger partial charge in [0, 0.05) is 17.0 Å². The fraction of sp³-hybridized carbons (Fsp3) is 0.118. The predicted molar refractivity (Wildman–Crippen MR) is 89.9 cm³/mol. The average Bonchev–Trinajstić information content (AvgIpc) is 2.99. The molecule has 0 saturated carbocycles. The van der Waals surface area contributed by atoms with Gasteiger partial charge in [-0.15, -0.1) is 0 Å². The van der Waals surface area contributed by atoms with Gasteiger partial charge in [0.05, 0.1) is 11.0 Å². The molecule has 3 N–H and O–H groups in total. The number of nitro groups is 1. The fourth-order valence-electron chi connectivity index (χ4n) is 2.48. The zero-order valence-corrected chi connectivity index (χ0v) is 12.9. The molecule has 0 saturated heterocycles. The number of nitrogens with one attached hydrogen (secondary N) is 1. The number of amides is 1. The van der Waals surface area contributed by atoms with Gasteiger partial charge < -0.3 is 15.5 Å². The Balaban J connectivity index is 1.92. The number of anilines is 1. The maximum atomic E-state index is 11.2. The predicted octanol–water partition coefficient (Wildman–Crippen LogP) is 3.61. The molecule has 0 aliphatic carbocycles. The van der Waals surface area contributed by atoms with Gasteiger partial charge in [-0.05, 0) is 31.2 Å². The van der Waals surface area contributed by atoms with Crippen LogP contribution in [-0.4, -0.2) is 10.8 Å². The van der Waals surface area contributed by atoms with Gasteiger partial charge in [-0.2, -0.15) is 0 Å². The minimum absolute atomic E-state index is 0.0867. The number of carbonyl (C=O) groups is 1. The lowest BCUT2D eigenvalue weighted by atomic mass is 10.1. The van der Waals surface area contributed by atoms with Crippen LogP contribution in [0.5, 0.6) is 0 Å². The van der Waals surface area contributed by atoms with Crippen molar-refractivity contribution in [3.63, 3.8) is 0 Å². The second-order valence-corrected chi connectivity index (χ2v) is 5.41. The molecule has 7 heteroatoms. The highest BCUT2D eigenvalue weighted by atomic mass is 16.6. The largest absolute Gasteiger partial charge is 0.459 e. The quantitative estimate of drug-likeness (QED) is 0.550. The van der Waals surface area contributed by atoms with E-state index in [9.17, 15) is 14.9 Å². The van der Waals surface area contributed by atoms with Crippen LogP contribution in [0.3, 0.4) is 0 Å². The molecule has 7 nitrogen and oxygen atoms in total. The second-order valence-electron chi connectivity index (χ2n) is 5.41. The van der Waals surface area contributed by atoms with Crippen LogP contribution < -0.4 is 11.1 Å². The van der Waals surface area contributed by atoms with E-state index in [-0.39, 0.29) is 23.0 Å². The fourth-order valence-corrected chi connectivity index (χ4v) is 2.48. The minimum atomic E-state index is -0.713. The summed E-state index contributed by atoms with van der Waals surface area (Å²) >= 11 is 0. The Morgan fingerprint density at radius 2 is 2.00 bits per heavy atom. The number of benzene rings is 2. The zero-order chi connectivity index (χ0) is 17.3. The number of nitrogens with two attached hydrogens (primary N) is 1. The highest BCUT2D eigenvalue weighted by molar-refractivity contribution is 5.94. The maximum absolute atomic E-state index is 11.2. The van der Waals surface area contributed by atoms with E-state index in [1.54, 1.807) is 0 Å². The first-order valence-electron chi connectivity index (χ1n) is 7.29. The molecule has 3 aromatic rings. The van der Waals surface area contributed by atoms with Crippen molar-refractivity contribution < 1.29 is 14.1 Å². The molecule has 0 bridgehead atoms. The summed E-state index contributed by atoms with van der Waals surface area (Å²) in [5.41, 5.74) is 6.08. The van der Waals surface area contributed by atoms with Crippen molar-refractivity contribution in [2.24, 2.45) is 5.73 Å². The first kappa shape index (κ1) is 15.5. The third kappa shape index (κ3) is 2.91. The van der Waals surface area contributed by atoms with Crippen molar-refractivity contribution in [2.75, 3.05) is 5.32 Å². The third-order valence-corrected chi connectivity index (χ3v) is 3.72. The Labute approximate surface area is 137 Å². The van der Waals surface area contributed by atoms with Gasteiger partial charge in [-0.25, -0.2) is 0 Å². The summed E-state index contributed by atoms with van der Waals surface area (Å²) in [5, 5.41) is 15.3. The summed E-state index contributed by atoms with van der Waals surface area (Å²) in [4.78, 5) is 21.9. The molecule has 3 rings (SSSR count). The van der Waals surface area contributed by atoms with Crippen LogP contribution in [0.25, 0.3) is 11.0 Å². The van der Waals surface area contributed by atoms with E-state index in [0.717, 1.165) is 17.0 Å². The third-order valence-electron chi connectivity index (χ3n) is 3.72. The molecule has 1 atom stereocenters. The number of nitro benzene ring substituents is 1.